The van der Waals surface area contributed by atoms with Crippen LogP contribution in [0.4, 0.5) is 0 Å². The summed E-state index contributed by atoms with van der Waals surface area (Å²) in [5.74, 6) is 0. The van der Waals surface area contributed by atoms with Crippen molar-refractivity contribution < 1.29 is 13.5 Å². The fourth-order valence-electron chi connectivity index (χ4n) is 3.52. The molecule has 1 aromatic rings. The fraction of sp³-hybridized carbons (Fsp3) is 0.800. The van der Waals surface area contributed by atoms with E-state index in [4.69, 9.17) is 0 Å². The SMILES string of the molecule is Cn1cc(S(=O)(=O)N2CCC(O)(CN3CCCCC3)CC2)cn1. The van der Waals surface area contributed by atoms with Crippen LogP contribution in [-0.4, -0.2) is 70.8 Å². The highest BCUT2D eigenvalue weighted by molar-refractivity contribution is 7.89. The second-order valence-electron chi connectivity index (χ2n) is 6.81. The molecule has 0 saturated carbocycles. The molecule has 2 fully saturated rings. The van der Waals surface area contributed by atoms with Gasteiger partial charge in [-0.2, -0.15) is 9.40 Å². The van der Waals surface area contributed by atoms with Gasteiger partial charge in [0.05, 0.1) is 11.8 Å². The minimum atomic E-state index is -3.50. The van der Waals surface area contributed by atoms with E-state index in [9.17, 15) is 13.5 Å². The molecule has 2 aliphatic heterocycles. The molecule has 1 aromatic heterocycles. The Kier molecular flexibility index (Phi) is 4.78. The fourth-order valence-corrected chi connectivity index (χ4v) is 4.94. The van der Waals surface area contributed by atoms with E-state index in [-0.39, 0.29) is 4.90 Å². The number of β-amino-alcohol motifs (C(OH)–C–C–N with tert-alkyl or cyclic N) is 1. The lowest BCUT2D eigenvalue weighted by Gasteiger charge is -2.41. The van der Waals surface area contributed by atoms with E-state index in [1.165, 1.54) is 40.6 Å². The molecule has 0 spiro atoms. The van der Waals surface area contributed by atoms with Crippen LogP contribution >= 0.6 is 0 Å². The van der Waals surface area contributed by atoms with Crippen molar-refractivity contribution in [2.45, 2.75) is 42.6 Å². The topological polar surface area (TPSA) is 78.7 Å². The average molecular weight is 342 g/mol. The van der Waals surface area contributed by atoms with Gasteiger partial charge in [0.25, 0.3) is 0 Å². The summed E-state index contributed by atoms with van der Waals surface area (Å²) in [6.45, 7) is 3.47. The van der Waals surface area contributed by atoms with Crippen LogP contribution in [-0.2, 0) is 17.1 Å². The first kappa shape index (κ1) is 16.9. The van der Waals surface area contributed by atoms with Gasteiger partial charge in [0.15, 0.2) is 0 Å². The summed E-state index contributed by atoms with van der Waals surface area (Å²) < 4.78 is 28.1. The highest BCUT2D eigenvalue weighted by Gasteiger charge is 2.38. The molecule has 2 aliphatic rings. The zero-order valence-electron chi connectivity index (χ0n) is 13.7. The normalized spacial score (nSPS) is 23.9. The Bertz CT molecular complexity index is 629. The van der Waals surface area contributed by atoms with E-state index < -0.39 is 15.6 Å². The summed E-state index contributed by atoms with van der Waals surface area (Å²) in [5.41, 5.74) is -0.766. The van der Waals surface area contributed by atoms with Crippen LogP contribution in [0.3, 0.4) is 0 Å². The number of piperidine rings is 2. The molecule has 0 amide bonds. The quantitative estimate of drug-likeness (QED) is 0.858. The molecule has 2 saturated heterocycles. The number of nitrogens with zero attached hydrogens (tertiary/aromatic N) is 4. The molecular formula is C15H26N4O3S. The molecule has 1 N–H and O–H groups in total. The molecule has 0 atom stereocenters. The number of hydrogen-bond acceptors (Lipinski definition) is 5. The second-order valence-corrected chi connectivity index (χ2v) is 8.75. The van der Waals surface area contributed by atoms with Crippen molar-refractivity contribution in [2.75, 3.05) is 32.7 Å². The van der Waals surface area contributed by atoms with E-state index in [0.29, 0.717) is 32.5 Å². The lowest BCUT2D eigenvalue weighted by atomic mass is 9.91. The van der Waals surface area contributed by atoms with Gasteiger partial charge < -0.3 is 10.0 Å². The summed E-state index contributed by atoms with van der Waals surface area (Å²) in [7, 11) is -1.80. The van der Waals surface area contributed by atoms with Gasteiger partial charge in [-0.15, -0.1) is 0 Å². The van der Waals surface area contributed by atoms with Crippen molar-refractivity contribution in [3.05, 3.63) is 12.4 Å². The number of aromatic nitrogens is 2. The molecule has 3 heterocycles. The lowest BCUT2D eigenvalue weighted by Crippen LogP contribution is -2.52. The molecule has 0 aromatic carbocycles. The lowest BCUT2D eigenvalue weighted by molar-refractivity contribution is -0.0360. The summed E-state index contributed by atoms with van der Waals surface area (Å²) in [6, 6.07) is 0. The first-order valence-electron chi connectivity index (χ1n) is 8.33. The minimum absolute atomic E-state index is 0.224. The molecule has 7 nitrogen and oxygen atoms in total. The van der Waals surface area contributed by atoms with Gasteiger partial charge in [-0.1, -0.05) is 6.42 Å². The monoisotopic (exact) mass is 342 g/mol. The van der Waals surface area contributed by atoms with Gasteiger partial charge in [0.1, 0.15) is 4.90 Å². The van der Waals surface area contributed by atoms with Crippen molar-refractivity contribution in [2.24, 2.45) is 7.05 Å². The number of aryl methyl sites for hydroxylation is 1. The van der Waals surface area contributed by atoms with Crippen LogP contribution in [0.5, 0.6) is 0 Å². The Morgan fingerprint density at radius 3 is 2.39 bits per heavy atom. The van der Waals surface area contributed by atoms with Crippen LogP contribution in [0.15, 0.2) is 17.3 Å². The zero-order valence-corrected chi connectivity index (χ0v) is 14.5. The number of rotatable bonds is 4. The van der Waals surface area contributed by atoms with Gasteiger partial charge in [0.2, 0.25) is 10.0 Å². The van der Waals surface area contributed by atoms with E-state index in [2.05, 4.69) is 10.00 Å². The van der Waals surface area contributed by atoms with Crippen molar-refractivity contribution in [3.8, 4) is 0 Å². The number of likely N-dealkylation sites (tertiary alicyclic amines) is 1. The van der Waals surface area contributed by atoms with Crippen molar-refractivity contribution >= 4 is 10.0 Å². The molecule has 3 rings (SSSR count). The van der Waals surface area contributed by atoms with Gasteiger partial charge in [-0.05, 0) is 38.8 Å². The Hall–Kier alpha value is -0.960. The predicted octanol–water partition coefficient (Wildman–Crippen LogP) is 0.422. The molecule has 0 unspecified atom stereocenters. The highest BCUT2D eigenvalue weighted by Crippen LogP contribution is 2.28. The average Bonchev–Trinajstić information content (AvgIpc) is 2.96. The first-order chi connectivity index (χ1) is 10.9. The van der Waals surface area contributed by atoms with Gasteiger partial charge in [-0.3, -0.25) is 4.68 Å². The Labute approximate surface area is 137 Å². The number of hydrogen-bond donors (Lipinski definition) is 1. The number of sulfonamides is 1. The Morgan fingerprint density at radius 2 is 1.83 bits per heavy atom. The summed E-state index contributed by atoms with van der Waals surface area (Å²) in [5, 5.41) is 14.7. The zero-order chi connectivity index (χ0) is 16.5. The first-order valence-corrected chi connectivity index (χ1v) is 9.77. The summed E-state index contributed by atoms with van der Waals surface area (Å²) >= 11 is 0. The maximum absolute atomic E-state index is 12.6. The molecule has 0 bridgehead atoms. The highest BCUT2D eigenvalue weighted by atomic mass is 32.2. The van der Waals surface area contributed by atoms with E-state index in [1.807, 2.05) is 0 Å². The molecule has 0 radical (unpaired) electrons. The Morgan fingerprint density at radius 1 is 1.17 bits per heavy atom. The predicted molar refractivity (Wildman–Crippen MR) is 86.4 cm³/mol. The summed E-state index contributed by atoms with van der Waals surface area (Å²) in [4.78, 5) is 2.54. The smallest absolute Gasteiger partial charge is 0.246 e. The van der Waals surface area contributed by atoms with E-state index >= 15 is 0 Å². The van der Waals surface area contributed by atoms with E-state index in [1.54, 1.807) is 7.05 Å². The molecular weight excluding hydrogens is 316 g/mol. The van der Waals surface area contributed by atoms with Crippen molar-refractivity contribution in [1.82, 2.24) is 19.0 Å². The third kappa shape index (κ3) is 3.76. The van der Waals surface area contributed by atoms with Gasteiger partial charge >= 0.3 is 0 Å². The third-order valence-corrected chi connectivity index (χ3v) is 6.79. The maximum atomic E-state index is 12.6. The minimum Gasteiger partial charge on any atom is -0.388 e. The van der Waals surface area contributed by atoms with Crippen LogP contribution in [0.25, 0.3) is 0 Å². The van der Waals surface area contributed by atoms with Crippen molar-refractivity contribution in [3.63, 3.8) is 0 Å². The van der Waals surface area contributed by atoms with Gasteiger partial charge in [-0.25, -0.2) is 8.42 Å². The van der Waals surface area contributed by atoms with Crippen molar-refractivity contribution in [1.29, 1.82) is 0 Å². The summed E-state index contributed by atoms with van der Waals surface area (Å²) in [6.07, 6.45) is 7.53. The molecule has 23 heavy (non-hydrogen) atoms. The number of aliphatic hydroxyl groups is 1. The molecule has 8 heteroatoms. The van der Waals surface area contributed by atoms with Crippen LogP contribution < -0.4 is 0 Å². The third-order valence-electron chi connectivity index (χ3n) is 4.94. The molecule has 0 aliphatic carbocycles. The van der Waals surface area contributed by atoms with Crippen LogP contribution in [0, 0.1) is 0 Å². The second kappa shape index (κ2) is 6.51. The van der Waals surface area contributed by atoms with Gasteiger partial charge in [0, 0.05) is 32.9 Å². The standard InChI is InChI=1S/C15H26N4O3S/c1-17-12-14(11-16-17)23(21,22)19-9-5-15(20,6-10-19)13-18-7-3-2-4-8-18/h11-12,20H,2-10,13H2,1H3. The Balaban J connectivity index is 1.61. The van der Waals surface area contributed by atoms with Crippen LogP contribution in [0.1, 0.15) is 32.1 Å². The largest absolute Gasteiger partial charge is 0.388 e. The molecule has 130 valence electrons. The maximum Gasteiger partial charge on any atom is 0.246 e. The van der Waals surface area contributed by atoms with Crippen LogP contribution in [0.2, 0.25) is 0 Å². The van der Waals surface area contributed by atoms with E-state index in [0.717, 1.165) is 13.1 Å².